The number of pyridine rings is 1. The molecule has 0 saturated heterocycles. The van der Waals surface area contributed by atoms with E-state index in [1.54, 1.807) is 31.6 Å². The van der Waals surface area contributed by atoms with E-state index in [-0.39, 0.29) is 5.56 Å². The van der Waals surface area contributed by atoms with Gasteiger partial charge in [0.25, 0.3) is 5.91 Å². The normalized spacial score (nSPS) is 11.0. The van der Waals surface area contributed by atoms with Gasteiger partial charge in [-0.25, -0.2) is 4.68 Å². The molecule has 0 aliphatic heterocycles. The van der Waals surface area contributed by atoms with E-state index < -0.39 is 11.9 Å². The number of benzene rings is 2. The first kappa shape index (κ1) is 21.9. The van der Waals surface area contributed by atoms with Crippen LogP contribution in [0.4, 0.5) is 10.1 Å². The number of para-hydroxylation sites is 1. The van der Waals surface area contributed by atoms with E-state index in [0.29, 0.717) is 18.0 Å². The number of halogens is 1. The van der Waals surface area contributed by atoms with Gasteiger partial charge in [0.1, 0.15) is 12.2 Å². The van der Waals surface area contributed by atoms with E-state index in [4.69, 9.17) is 4.84 Å². The maximum Gasteiger partial charge on any atom is 0.262 e. The highest BCUT2D eigenvalue weighted by molar-refractivity contribution is 6.07. The molecule has 0 bridgehead atoms. The zero-order valence-corrected chi connectivity index (χ0v) is 18.2. The van der Waals surface area contributed by atoms with Crippen molar-refractivity contribution in [3.05, 3.63) is 101 Å². The van der Waals surface area contributed by atoms with Crippen LogP contribution in [-0.4, -0.2) is 26.9 Å². The Bertz CT molecular complexity index is 1280. The molecule has 166 valence electrons. The summed E-state index contributed by atoms with van der Waals surface area (Å²) in [6.45, 7) is 1.96. The number of hydrogen-bond donors (Lipinski definition) is 1. The molecule has 0 aliphatic rings. The molecule has 7 nitrogen and oxygen atoms in total. The molecule has 2 aromatic heterocycles. The molecule has 0 spiro atoms. The molecule has 1 amide bonds. The molecular formula is C25H22FN5O2. The van der Waals surface area contributed by atoms with Crippen LogP contribution in [0.1, 0.15) is 27.2 Å². The number of hydrogen-bond acceptors (Lipinski definition) is 5. The second-order valence-electron chi connectivity index (χ2n) is 7.36. The van der Waals surface area contributed by atoms with Crippen LogP contribution in [0.5, 0.6) is 0 Å². The zero-order chi connectivity index (χ0) is 23.2. The van der Waals surface area contributed by atoms with Gasteiger partial charge in [0.15, 0.2) is 0 Å². The van der Waals surface area contributed by atoms with Crippen LogP contribution in [0, 0.1) is 12.9 Å². The number of nitrogens with zero attached hydrogens (tertiary/aromatic N) is 4. The fourth-order valence-electron chi connectivity index (χ4n) is 3.35. The Morgan fingerprint density at radius 2 is 1.85 bits per heavy atom. The van der Waals surface area contributed by atoms with Gasteiger partial charge in [0.2, 0.25) is 5.95 Å². The van der Waals surface area contributed by atoms with Crippen LogP contribution in [0.2, 0.25) is 0 Å². The number of aryl methyl sites for hydroxylation is 2. The molecule has 2 aromatic carbocycles. The summed E-state index contributed by atoms with van der Waals surface area (Å²) in [5.74, 6) is -1.21. The number of aromatic nitrogens is 3. The summed E-state index contributed by atoms with van der Waals surface area (Å²) in [7, 11) is 1.46. The second-order valence-corrected chi connectivity index (χ2v) is 7.36. The van der Waals surface area contributed by atoms with Crippen molar-refractivity contribution < 1.29 is 14.0 Å². The summed E-state index contributed by atoms with van der Waals surface area (Å²) in [5.41, 5.74) is 4.40. The fourth-order valence-corrected chi connectivity index (χ4v) is 3.35. The monoisotopic (exact) mass is 443 g/mol. The van der Waals surface area contributed by atoms with Gasteiger partial charge in [-0.3, -0.25) is 9.78 Å². The van der Waals surface area contributed by atoms with Crippen molar-refractivity contribution in [1.82, 2.24) is 14.8 Å². The maximum absolute atomic E-state index is 14.3. The van der Waals surface area contributed by atoms with Gasteiger partial charge in [0.05, 0.1) is 11.9 Å². The van der Waals surface area contributed by atoms with Gasteiger partial charge in [-0.15, -0.1) is 0 Å². The standard InChI is InChI=1S/C25H22FN5O2/c1-17-23(24(26)31(2)30-17)25(32)29-22-6-4-3-5-21(22)20-9-7-18(8-10-20)15-28-33-16-19-11-13-27-14-12-19/h3-15H,16H2,1-2H3,(H,29,32). The maximum atomic E-state index is 14.3. The first-order chi connectivity index (χ1) is 16.0. The van der Waals surface area contributed by atoms with Gasteiger partial charge in [-0.05, 0) is 41.8 Å². The summed E-state index contributed by atoms with van der Waals surface area (Å²) in [4.78, 5) is 22.0. The summed E-state index contributed by atoms with van der Waals surface area (Å²) < 4.78 is 15.3. The molecule has 4 rings (SSSR count). The predicted octanol–water partition coefficient (Wildman–Crippen LogP) is 4.73. The summed E-state index contributed by atoms with van der Waals surface area (Å²) in [6.07, 6.45) is 5.04. The van der Waals surface area contributed by atoms with Crippen LogP contribution < -0.4 is 5.32 Å². The van der Waals surface area contributed by atoms with Crippen molar-refractivity contribution >= 4 is 17.8 Å². The average molecular weight is 443 g/mol. The molecule has 0 atom stereocenters. The third-order valence-electron chi connectivity index (χ3n) is 5.03. The zero-order valence-electron chi connectivity index (χ0n) is 18.2. The molecule has 4 aromatic rings. The van der Waals surface area contributed by atoms with Crippen LogP contribution in [0.25, 0.3) is 11.1 Å². The third-order valence-corrected chi connectivity index (χ3v) is 5.03. The Hall–Kier alpha value is -4.33. The number of carbonyl (C=O) groups is 1. The van der Waals surface area contributed by atoms with Gasteiger partial charge in [-0.2, -0.15) is 9.49 Å². The summed E-state index contributed by atoms with van der Waals surface area (Å²) >= 11 is 0. The quantitative estimate of drug-likeness (QED) is 0.331. The van der Waals surface area contributed by atoms with E-state index >= 15 is 0 Å². The van der Waals surface area contributed by atoms with Crippen molar-refractivity contribution in [2.24, 2.45) is 12.2 Å². The van der Waals surface area contributed by atoms with E-state index in [9.17, 15) is 9.18 Å². The highest BCUT2D eigenvalue weighted by Crippen LogP contribution is 2.28. The van der Waals surface area contributed by atoms with Crippen LogP contribution in [0.3, 0.4) is 0 Å². The molecule has 8 heteroatoms. The number of carbonyl (C=O) groups excluding carboxylic acids is 1. The molecule has 0 aliphatic carbocycles. The van der Waals surface area contributed by atoms with Crippen LogP contribution >= 0.6 is 0 Å². The smallest absolute Gasteiger partial charge is 0.262 e. The summed E-state index contributed by atoms with van der Waals surface area (Å²) in [6, 6.07) is 18.7. The Balaban J connectivity index is 1.46. The van der Waals surface area contributed by atoms with Crippen molar-refractivity contribution in [1.29, 1.82) is 0 Å². The van der Waals surface area contributed by atoms with Gasteiger partial charge in [0, 0.05) is 30.7 Å². The molecule has 2 heterocycles. The van der Waals surface area contributed by atoms with E-state index in [0.717, 1.165) is 26.9 Å². The van der Waals surface area contributed by atoms with Crippen molar-refractivity contribution in [3.8, 4) is 11.1 Å². The minimum atomic E-state index is -0.669. The topological polar surface area (TPSA) is 81.4 Å². The second kappa shape index (κ2) is 9.86. The first-order valence-electron chi connectivity index (χ1n) is 10.3. The third kappa shape index (κ3) is 5.12. The van der Waals surface area contributed by atoms with E-state index in [2.05, 4.69) is 20.6 Å². The van der Waals surface area contributed by atoms with Crippen molar-refractivity contribution in [3.63, 3.8) is 0 Å². The van der Waals surface area contributed by atoms with Gasteiger partial charge in [-0.1, -0.05) is 47.6 Å². The lowest BCUT2D eigenvalue weighted by molar-refractivity contribution is 0.102. The molecular weight excluding hydrogens is 421 g/mol. The minimum Gasteiger partial charge on any atom is -0.391 e. The lowest BCUT2D eigenvalue weighted by Crippen LogP contribution is -2.15. The van der Waals surface area contributed by atoms with E-state index in [1.807, 2.05) is 54.6 Å². The Kier molecular flexibility index (Phi) is 6.54. The largest absolute Gasteiger partial charge is 0.391 e. The number of rotatable bonds is 7. The Morgan fingerprint density at radius 3 is 2.55 bits per heavy atom. The Labute approximate surface area is 190 Å². The molecule has 33 heavy (non-hydrogen) atoms. The van der Waals surface area contributed by atoms with Crippen molar-refractivity contribution in [2.75, 3.05) is 5.32 Å². The molecule has 0 saturated carbocycles. The predicted molar refractivity (Wildman–Crippen MR) is 124 cm³/mol. The van der Waals surface area contributed by atoms with Gasteiger partial charge >= 0.3 is 0 Å². The van der Waals surface area contributed by atoms with Crippen molar-refractivity contribution in [2.45, 2.75) is 13.5 Å². The fraction of sp³-hybridized carbons (Fsp3) is 0.120. The molecule has 1 N–H and O–H groups in total. The molecule has 0 unspecified atom stereocenters. The number of oxime groups is 1. The lowest BCUT2D eigenvalue weighted by Gasteiger charge is -2.11. The van der Waals surface area contributed by atoms with Crippen LogP contribution in [-0.2, 0) is 18.5 Å². The van der Waals surface area contributed by atoms with Crippen LogP contribution in [0.15, 0.2) is 78.2 Å². The highest BCUT2D eigenvalue weighted by Gasteiger charge is 2.21. The molecule has 0 radical (unpaired) electrons. The van der Waals surface area contributed by atoms with E-state index in [1.165, 1.54) is 7.05 Å². The lowest BCUT2D eigenvalue weighted by atomic mass is 10.0. The number of nitrogens with one attached hydrogen (secondary N) is 1. The first-order valence-corrected chi connectivity index (χ1v) is 10.3. The average Bonchev–Trinajstić information content (AvgIpc) is 3.09. The Morgan fingerprint density at radius 1 is 1.12 bits per heavy atom. The summed E-state index contributed by atoms with van der Waals surface area (Å²) in [5, 5.41) is 10.8. The SMILES string of the molecule is Cc1nn(C)c(F)c1C(=O)Nc1ccccc1-c1ccc(C=NOCc2ccncc2)cc1. The number of amides is 1. The molecule has 0 fully saturated rings. The van der Waals surface area contributed by atoms with Gasteiger partial charge < -0.3 is 10.2 Å². The highest BCUT2D eigenvalue weighted by atomic mass is 19.1. The number of anilines is 1. The minimum absolute atomic E-state index is 0.0642.